The fourth-order valence-corrected chi connectivity index (χ4v) is 4.59. The highest BCUT2D eigenvalue weighted by Crippen LogP contribution is 2.44. The molecule has 164 valence electrons. The SMILES string of the molecule is COc1ncnc(C2CC2)c1-c1ncc2cnn(Cc3ccc(-c4csc(C)n4)cc3)c2n1. The molecular weight excluding hydrogens is 434 g/mol. The van der Waals surface area contributed by atoms with Gasteiger partial charge in [0.15, 0.2) is 11.5 Å². The molecule has 0 saturated heterocycles. The monoisotopic (exact) mass is 455 g/mol. The van der Waals surface area contributed by atoms with Crippen molar-refractivity contribution in [3.63, 3.8) is 0 Å². The fourth-order valence-electron chi connectivity index (χ4n) is 3.97. The van der Waals surface area contributed by atoms with Gasteiger partial charge in [-0.15, -0.1) is 11.3 Å². The lowest BCUT2D eigenvalue weighted by Crippen LogP contribution is -2.05. The molecule has 33 heavy (non-hydrogen) atoms. The van der Waals surface area contributed by atoms with Gasteiger partial charge in [0.25, 0.3) is 0 Å². The van der Waals surface area contributed by atoms with Gasteiger partial charge in [-0.05, 0) is 25.3 Å². The lowest BCUT2D eigenvalue weighted by molar-refractivity contribution is 0.397. The van der Waals surface area contributed by atoms with Gasteiger partial charge in [-0.1, -0.05) is 24.3 Å². The van der Waals surface area contributed by atoms with Gasteiger partial charge >= 0.3 is 0 Å². The van der Waals surface area contributed by atoms with E-state index in [0.29, 0.717) is 24.2 Å². The molecular formula is C24H21N7OS. The first kappa shape index (κ1) is 19.9. The first-order valence-corrected chi connectivity index (χ1v) is 11.7. The molecule has 0 bridgehead atoms. The van der Waals surface area contributed by atoms with Crippen LogP contribution in [0.5, 0.6) is 5.88 Å². The van der Waals surface area contributed by atoms with Crippen LogP contribution in [0.3, 0.4) is 0 Å². The van der Waals surface area contributed by atoms with Crippen LogP contribution < -0.4 is 4.74 Å². The van der Waals surface area contributed by atoms with Gasteiger partial charge < -0.3 is 4.74 Å². The molecule has 1 aromatic carbocycles. The second kappa shape index (κ2) is 8.00. The van der Waals surface area contributed by atoms with Crippen molar-refractivity contribution in [3.8, 4) is 28.5 Å². The van der Waals surface area contributed by atoms with Crippen molar-refractivity contribution in [3.05, 3.63) is 64.6 Å². The molecule has 4 aromatic heterocycles. The topological polar surface area (TPSA) is 91.5 Å². The molecule has 0 N–H and O–H groups in total. The molecule has 1 saturated carbocycles. The Morgan fingerprint density at radius 2 is 1.91 bits per heavy atom. The van der Waals surface area contributed by atoms with Crippen LogP contribution in [0.4, 0.5) is 0 Å². The van der Waals surface area contributed by atoms with E-state index in [2.05, 4.69) is 54.7 Å². The van der Waals surface area contributed by atoms with Gasteiger partial charge in [0, 0.05) is 23.1 Å². The predicted octanol–water partition coefficient (Wildman–Crippen LogP) is 4.65. The highest BCUT2D eigenvalue weighted by molar-refractivity contribution is 7.09. The van der Waals surface area contributed by atoms with Crippen LogP contribution in [-0.2, 0) is 6.54 Å². The number of nitrogens with zero attached hydrogens (tertiary/aromatic N) is 7. The molecule has 1 fully saturated rings. The zero-order valence-corrected chi connectivity index (χ0v) is 19.1. The number of ether oxygens (including phenoxy) is 1. The van der Waals surface area contributed by atoms with E-state index in [0.717, 1.165) is 57.0 Å². The molecule has 0 radical (unpaired) electrons. The maximum Gasteiger partial charge on any atom is 0.227 e. The minimum atomic E-state index is 0.418. The second-order valence-electron chi connectivity index (χ2n) is 8.14. The maximum absolute atomic E-state index is 5.53. The van der Waals surface area contributed by atoms with Crippen LogP contribution in [0.15, 0.2) is 48.4 Å². The fraction of sp³-hybridized carbons (Fsp3) is 0.250. The Balaban J connectivity index is 1.35. The van der Waals surface area contributed by atoms with E-state index in [9.17, 15) is 0 Å². The van der Waals surface area contributed by atoms with Crippen LogP contribution in [0.2, 0.25) is 0 Å². The van der Waals surface area contributed by atoms with Gasteiger partial charge in [-0.3, -0.25) is 0 Å². The number of aryl methyl sites for hydroxylation is 1. The third-order valence-electron chi connectivity index (χ3n) is 5.80. The van der Waals surface area contributed by atoms with Crippen molar-refractivity contribution in [1.29, 1.82) is 0 Å². The summed E-state index contributed by atoms with van der Waals surface area (Å²) < 4.78 is 7.43. The number of benzene rings is 1. The summed E-state index contributed by atoms with van der Waals surface area (Å²) in [5, 5.41) is 8.60. The van der Waals surface area contributed by atoms with E-state index in [1.165, 1.54) is 0 Å². The molecule has 4 heterocycles. The van der Waals surface area contributed by atoms with Crippen molar-refractivity contribution < 1.29 is 4.74 Å². The summed E-state index contributed by atoms with van der Waals surface area (Å²) in [5.41, 5.74) is 5.76. The summed E-state index contributed by atoms with van der Waals surface area (Å²) in [6.07, 6.45) is 7.38. The molecule has 1 aliphatic rings. The molecule has 0 spiro atoms. The summed E-state index contributed by atoms with van der Waals surface area (Å²) in [5.74, 6) is 1.49. The third kappa shape index (κ3) is 3.74. The Morgan fingerprint density at radius 1 is 1.06 bits per heavy atom. The van der Waals surface area contributed by atoms with Crippen molar-refractivity contribution in [1.82, 2.24) is 34.7 Å². The van der Waals surface area contributed by atoms with Crippen LogP contribution in [0, 0.1) is 6.92 Å². The van der Waals surface area contributed by atoms with E-state index in [-0.39, 0.29) is 0 Å². The number of aromatic nitrogens is 7. The number of rotatable bonds is 6. The van der Waals surface area contributed by atoms with Gasteiger partial charge in [0.05, 0.1) is 41.6 Å². The van der Waals surface area contributed by atoms with Gasteiger partial charge in [0.2, 0.25) is 5.88 Å². The van der Waals surface area contributed by atoms with E-state index < -0.39 is 0 Å². The van der Waals surface area contributed by atoms with Gasteiger partial charge in [-0.25, -0.2) is 29.6 Å². The summed E-state index contributed by atoms with van der Waals surface area (Å²) in [6.45, 7) is 2.63. The molecule has 0 unspecified atom stereocenters. The molecule has 5 aromatic rings. The lowest BCUT2D eigenvalue weighted by Gasteiger charge is -2.11. The Kier molecular flexibility index (Phi) is 4.83. The number of fused-ring (bicyclic) bond motifs is 1. The lowest BCUT2D eigenvalue weighted by atomic mass is 10.1. The second-order valence-corrected chi connectivity index (χ2v) is 9.20. The maximum atomic E-state index is 5.53. The minimum Gasteiger partial charge on any atom is -0.480 e. The molecule has 8 nitrogen and oxygen atoms in total. The van der Waals surface area contributed by atoms with E-state index in [1.54, 1.807) is 37.2 Å². The highest BCUT2D eigenvalue weighted by Gasteiger charge is 2.31. The van der Waals surface area contributed by atoms with Crippen LogP contribution >= 0.6 is 11.3 Å². The standard InChI is InChI=1S/C24H21N7OS/c1-14-29-19(12-33-14)16-5-3-15(4-6-16)11-31-23-18(10-28-31)9-25-22(30-23)20-21(17-7-8-17)26-13-27-24(20)32-2/h3-6,9-10,12-13,17H,7-8,11H2,1-2H3. The molecule has 6 rings (SSSR count). The van der Waals surface area contributed by atoms with E-state index in [1.807, 2.05) is 11.6 Å². The molecule has 1 aliphatic carbocycles. The van der Waals surface area contributed by atoms with Crippen molar-refractivity contribution in [2.24, 2.45) is 0 Å². The minimum absolute atomic E-state index is 0.418. The van der Waals surface area contributed by atoms with Crippen molar-refractivity contribution in [2.45, 2.75) is 32.2 Å². The molecule has 9 heteroatoms. The van der Waals surface area contributed by atoms with Crippen LogP contribution in [0.1, 0.15) is 35.0 Å². The van der Waals surface area contributed by atoms with E-state index in [4.69, 9.17) is 9.72 Å². The Labute approximate surface area is 194 Å². The van der Waals surface area contributed by atoms with Crippen molar-refractivity contribution >= 4 is 22.4 Å². The number of methoxy groups -OCH3 is 1. The van der Waals surface area contributed by atoms with Crippen molar-refractivity contribution in [2.75, 3.05) is 7.11 Å². The normalized spacial score (nSPS) is 13.5. The van der Waals surface area contributed by atoms with Crippen LogP contribution in [-0.4, -0.2) is 41.8 Å². The Hall–Kier alpha value is -3.72. The molecule has 0 aliphatic heterocycles. The average molecular weight is 456 g/mol. The number of thiazole rings is 1. The van der Waals surface area contributed by atoms with E-state index >= 15 is 0 Å². The Morgan fingerprint density at radius 3 is 2.64 bits per heavy atom. The summed E-state index contributed by atoms with van der Waals surface area (Å²) >= 11 is 1.66. The Bertz CT molecular complexity index is 1450. The third-order valence-corrected chi connectivity index (χ3v) is 6.57. The van der Waals surface area contributed by atoms with Gasteiger partial charge in [-0.2, -0.15) is 5.10 Å². The summed E-state index contributed by atoms with van der Waals surface area (Å²) in [4.78, 5) is 22.8. The zero-order valence-electron chi connectivity index (χ0n) is 18.3. The summed E-state index contributed by atoms with van der Waals surface area (Å²) in [7, 11) is 1.61. The number of hydrogen-bond acceptors (Lipinski definition) is 8. The summed E-state index contributed by atoms with van der Waals surface area (Å²) in [6, 6.07) is 8.42. The highest BCUT2D eigenvalue weighted by atomic mass is 32.1. The smallest absolute Gasteiger partial charge is 0.227 e. The number of hydrogen-bond donors (Lipinski definition) is 0. The molecule has 0 amide bonds. The van der Waals surface area contributed by atoms with Crippen LogP contribution in [0.25, 0.3) is 33.7 Å². The predicted molar refractivity (Wildman–Crippen MR) is 126 cm³/mol. The quantitative estimate of drug-likeness (QED) is 0.368. The zero-order chi connectivity index (χ0) is 22.4. The van der Waals surface area contributed by atoms with Gasteiger partial charge in [0.1, 0.15) is 11.9 Å². The first-order chi connectivity index (χ1) is 16.2. The average Bonchev–Trinajstić information content (AvgIpc) is 3.50. The largest absolute Gasteiger partial charge is 0.480 e. The first-order valence-electron chi connectivity index (χ1n) is 10.8. The molecule has 0 atom stereocenters.